The van der Waals surface area contributed by atoms with Gasteiger partial charge in [-0.15, -0.1) is 0 Å². The third-order valence-corrected chi connectivity index (χ3v) is 3.33. The van der Waals surface area contributed by atoms with Crippen molar-refractivity contribution in [1.29, 1.82) is 0 Å². The highest BCUT2D eigenvalue weighted by molar-refractivity contribution is 5.94. The molecule has 0 aromatic carbocycles. The van der Waals surface area contributed by atoms with Gasteiger partial charge in [0.2, 0.25) is 5.91 Å². The van der Waals surface area contributed by atoms with E-state index in [-0.39, 0.29) is 5.91 Å². The van der Waals surface area contributed by atoms with Crippen molar-refractivity contribution in [3.05, 3.63) is 24.0 Å². The smallest absolute Gasteiger partial charge is 0.326 e. The largest absolute Gasteiger partial charge is 0.480 e. The van der Waals surface area contributed by atoms with E-state index in [1.165, 1.54) is 11.0 Å². The van der Waals surface area contributed by atoms with Crippen molar-refractivity contribution in [2.75, 3.05) is 6.54 Å². The van der Waals surface area contributed by atoms with E-state index in [1.54, 1.807) is 30.1 Å². The molecule has 1 fully saturated rings. The number of aliphatic carboxylic acids is 1. The third kappa shape index (κ3) is 3.01. The van der Waals surface area contributed by atoms with E-state index >= 15 is 0 Å². The lowest BCUT2D eigenvalue weighted by atomic mass is 10.0. The minimum absolute atomic E-state index is 0.256. The van der Waals surface area contributed by atoms with Crippen LogP contribution in [0.4, 0.5) is 0 Å². The van der Waals surface area contributed by atoms with Crippen LogP contribution in [0.3, 0.4) is 0 Å². The molecule has 1 N–H and O–H groups in total. The Balaban J connectivity index is 2.08. The third-order valence-electron chi connectivity index (χ3n) is 3.33. The van der Waals surface area contributed by atoms with Crippen LogP contribution in [0, 0.1) is 0 Å². The topological polar surface area (TPSA) is 75.4 Å². The van der Waals surface area contributed by atoms with Gasteiger partial charge in [-0.3, -0.25) is 9.48 Å². The second-order valence-electron chi connectivity index (χ2n) is 4.59. The lowest BCUT2D eigenvalue weighted by Crippen LogP contribution is -2.47. The number of aromatic nitrogens is 2. The molecule has 1 aromatic heterocycles. The molecule has 1 atom stereocenters. The summed E-state index contributed by atoms with van der Waals surface area (Å²) in [6.07, 6.45) is 6.95. The zero-order chi connectivity index (χ0) is 13.8. The lowest BCUT2D eigenvalue weighted by molar-refractivity contribution is -0.150. The first kappa shape index (κ1) is 13.3. The molecule has 0 saturated carbocycles. The molecule has 6 heteroatoms. The number of piperidine rings is 1. The number of hydrogen-bond acceptors (Lipinski definition) is 3. The summed E-state index contributed by atoms with van der Waals surface area (Å²) in [5, 5.41) is 13.1. The van der Waals surface area contributed by atoms with Crippen molar-refractivity contribution in [1.82, 2.24) is 14.7 Å². The first-order valence-corrected chi connectivity index (χ1v) is 6.29. The molecule has 0 bridgehead atoms. The second-order valence-corrected chi connectivity index (χ2v) is 4.59. The molecule has 1 aliphatic rings. The highest BCUT2D eigenvalue weighted by Crippen LogP contribution is 2.17. The van der Waals surface area contributed by atoms with Crippen LogP contribution >= 0.6 is 0 Å². The number of nitrogens with zero attached hydrogens (tertiary/aromatic N) is 3. The molecule has 19 heavy (non-hydrogen) atoms. The summed E-state index contributed by atoms with van der Waals surface area (Å²) in [6.45, 7) is 0.505. The predicted molar refractivity (Wildman–Crippen MR) is 69.2 cm³/mol. The van der Waals surface area contributed by atoms with E-state index < -0.39 is 12.0 Å². The van der Waals surface area contributed by atoms with Crippen LogP contribution in [-0.4, -0.2) is 44.3 Å². The van der Waals surface area contributed by atoms with Gasteiger partial charge in [-0.05, 0) is 31.4 Å². The number of rotatable bonds is 3. The minimum Gasteiger partial charge on any atom is -0.480 e. The molecule has 0 radical (unpaired) electrons. The number of carbonyl (C=O) groups excluding carboxylic acids is 1. The first-order valence-electron chi connectivity index (χ1n) is 6.29. The Kier molecular flexibility index (Phi) is 3.99. The summed E-state index contributed by atoms with van der Waals surface area (Å²) in [4.78, 5) is 24.6. The number of carboxylic acids is 1. The van der Waals surface area contributed by atoms with Gasteiger partial charge in [0.1, 0.15) is 6.04 Å². The number of carbonyl (C=O) groups is 2. The molecule has 1 aromatic rings. The summed E-state index contributed by atoms with van der Waals surface area (Å²) in [5.74, 6) is -1.18. The van der Waals surface area contributed by atoms with Crippen molar-refractivity contribution in [3.8, 4) is 0 Å². The van der Waals surface area contributed by atoms with Gasteiger partial charge in [-0.1, -0.05) is 0 Å². The standard InChI is InChI=1S/C13H17N3O3/c1-15-10(7-8-14-15)5-6-12(17)16-9-3-2-4-11(16)13(18)19/h5-8,11H,2-4,9H2,1H3,(H,18,19)/b6-5-/t11-/m1/s1. The maximum absolute atomic E-state index is 12.1. The Morgan fingerprint density at radius 3 is 2.89 bits per heavy atom. The molecule has 0 spiro atoms. The average molecular weight is 263 g/mol. The molecule has 6 nitrogen and oxygen atoms in total. The number of amides is 1. The van der Waals surface area contributed by atoms with Crippen molar-refractivity contribution in [2.24, 2.45) is 7.05 Å². The lowest BCUT2D eigenvalue weighted by Gasteiger charge is -2.32. The van der Waals surface area contributed by atoms with Crippen molar-refractivity contribution < 1.29 is 14.7 Å². The molecule has 1 saturated heterocycles. The Morgan fingerprint density at radius 1 is 1.47 bits per heavy atom. The Hall–Kier alpha value is -2.11. The van der Waals surface area contributed by atoms with Crippen molar-refractivity contribution in [3.63, 3.8) is 0 Å². The summed E-state index contributed by atoms with van der Waals surface area (Å²) in [7, 11) is 1.78. The van der Waals surface area contributed by atoms with E-state index in [0.717, 1.165) is 18.5 Å². The van der Waals surface area contributed by atoms with Gasteiger partial charge in [0, 0.05) is 25.9 Å². The second kappa shape index (κ2) is 5.69. The highest BCUT2D eigenvalue weighted by Gasteiger charge is 2.30. The zero-order valence-electron chi connectivity index (χ0n) is 10.8. The summed E-state index contributed by atoms with van der Waals surface area (Å²) >= 11 is 0. The number of likely N-dealkylation sites (tertiary alicyclic amines) is 1. The van der Waals surface area contributed by atoms with Crippen molar-refractivity contribution in [2.45, 2.75) is 25.3 Å². The Bertz CT molecular complexity index is 507. The van der Waals surface area contributed by atoms with Crippen molar-refractivity contribution >= 4 is 18.0 Å². The van der Waals surface area contributed by atoms with E-state index in [4.69, 9.17) is 5.11 Å². The predicted octanol–water partition coefficient (Wildman–Crippen LogP) is 0.899. The summed E-state index contributed by atoms with van der Waals surface area (Å²) < 4.78 is 1.65. The Morgan fingerprint density at radius 2 is 2.26 bits per heavy atom. The van der Waals surface area contributed by atoms with Gasteiger partial charge in [0.15, 0.2) is 0 Å². The molecule has 1 aliphatic heterocycles. The van der Waals surface area contributed by atoms with E-state index in [1.807, 2.05) is 0 Å². The fraction of sp³-hybridized carbons (Fsp3) is 0.462. The molecule has 2 rings (SSSR count). The van der Waals surface area contributed by atoms with E-state index in [0.29, 0.717) is 13.0 Å². The molecule has 0 unspecified atom stereocenters. The first-order chi connectivity index (χ1) is 9.09. The fourth-order valence-corrected chi connectivity index (χ4v) is 2.25. The summed E-state index contributed by atoms with van der Waals surface area (Å²) in [6, 6.07) is 1.09. The highest BCUT2D eigenvalue weighted by atomic mass is 16.4. The van der Waals surface area contributed by atoms with Crippen LogP contribution in [0.25, 0.3) is 6.08 Å². The molecular weight excluding hydrogens is 246 g/mol. The van der Waals surface area contributed by atoms with E-state index in [9.17, 15) is 9.59 Å². The van der Waals surface area contributed by atoms with Gasteiger partial charge in [0.25, 0.3) is 0 Å². The number of aryl methyl sites for hydroxylation is 1. The van der Waals surface area contributed by atoms with Crippen LogP contribution in [0.2, 0.25) is 0 Å². The van der Waals surface area contributed by atoms with E-state index in [2.05, 4.69) is 5.10 Å². The molecule has 1 amide bonds. The van der Waals surface area contributed by atoms with Gasteiger partial charge < -0.3 is 10.0 Å². The average Bonchev–Trinajstić information content (AvgIpc) is 2.81. The number of hydrogen-bond donors (Lipinski definition) is 1. The quantitative estimate of drug-likeness (QED) is 0.822. The molecule has 0 aliphatic carbocycles. The van der Waals surface area contributed by atoms with Crippen LogP contribution in [-0.2, 0) is 16.6 Å². The minimum atomic E-state index is -0.929. The fourth-order valence-electron chi connectivity index (χ4n) is 2.25. The SMILES string of the molecule is Cn1nccc1/C=C\C(=O)N1CCCC[C@@H]1C(=O)O. The van der Waals surface area contributed by atoms with Crippen LogP contribution < -0.4 is 0 Å². The van der Waals surface area contributed by atoms with Gasteiger partial charge in [-0.25, -0.2) is 4.79 Å². The normalized spacial score (nSPS) is 19.8. The maximum Gasteiger partial charge on any atom is 0.326 e. The number of carboxylic acid groups (broad SMARTS) is 1. The monoisotopic (exact) mass is 263 g/mol. The van der Waals surface area contributed by atoms with Crippen LogP contribution in [0.15, 0.2) is 18.3 Å². The molecular formula is C13H17N3O3. The Labute approximate surface area is 111 Å². The zero-order valence-corrected chi connectivity index (χ0v) is 10.8. The molecule has 102 valence electrons. The van der Waals surface area contributed by atoms with Crippen LogP contribution in [0.5, 0.6) is 0 Å². The van der Waals surface area contributed by atoms with Gasteiger partial charge in [0.05, 0.1) is 5.69 Å². The molecule has 2 heterocycles. The van der Waals surface area contributed by atoms with Gasteiger partial charge >= 0.3 is 5.97 Å². The summed E-state index contributed by atoms with van der Waals surface area (Å²) in [5.41, 5.74) is 0.803. The van der Waals surface area contributed by atoms with Crippen LogP contribution in [0.1, 0.15) is 25.0 Å². The maximum atomic E-state index is 12.1. The van der Waals surface area contributed by atoms with Gasteiger partial charge in [-0.2, -0.15) is 5.10 Å².